The predicted molar refractivity (Wildman–Crippen MR) is 201 cm³/mol. The van der Waals surface area contributed by atoms with E-state index < -0.39 is 17.1 Å². The van der Waals surface area contributed by atoms with Gasteiger partial charge in [-0.25, -0.2) is 8.51 Å². The van der Waals surface area contributed by atoms with Crippen LogP contribution in [0.5, 0.6) is 5.75 Å². The highest BCUT2D eigenvalue weighted by atomic mass is 32.2. The zero-order valence-corrected chi connectivity index (χ0v) is 31.5. The largest absolute Gasteiger partial charge is 0.497 e. The van der Waals surface area contributed by atoms with Crippen molar-refractivity contribution in [2.24, 2.45) is 5.92 Å². The molecular weight excluding hydrogens is 651 g/mol. The third-order valence-electron chi connectivity index (χ3n) is 9.90. The Morgan fingerprint density at radius 3 is 2.22 bits per heavy atom. The first-order valence-corrected chi connectivity index (χ1v) is 19.1. The fourth-order valence-corrected chi connectivity index (χ4v) is 7.63. The Morgan fingerprint density at radius 2 is 1.64 bits per heavy atom. The van der Waals surface area contributed by atoms with Crippen molar-refractivity contribution in [1.82, 2.24) is 23.4 Å². The minimum Gasteiger partial charge on any atom is -0.497 e. The van der Waals surface area contributed by atoms with Gasteiger partial charge in [-0.15, -0.1) is 0 Å². The maximum Gasteiger partial charge on any atom is 0.264 e. The van der Waals surface area contributed by atoms with Crippen molar-refractivity contribution in [3.8, 4) is 17.0 Å². The van der Waals surface area contributed by atoms with Crippen LogP contribution in [-0.2, 0) is 27.3 Å². The van der Waals surface area contributed by atoms with Gasteiger partial charge in [0.15, 0.2) is 11.2 Å². The first kappa shape index (κ1) is 37.3. The molecule has 10 nitrogen and oxygen atoms in total. The second-order valence-electron chi connectivity index (χ2n) is 13.7. The number of carbonyl (C=O) groups excluding carboxylic acids is 3. The van der Waals surface area contributed by atoms with Gasteiger partial charge in [-0.2, -0.15) is 0 Å². The molecule has 3 amide bonds. The van der Waals surface area contributed by atoms with E-state index in [9.17, 15) is 18.6 Å². The van der Waals surface area contributed by atoms with Crippen LogP contribution in [0.4, 0.5) is 0 Å². The number of piperazine rings is 1. The summed E-state index contributed by atoms with van der Waals surface area (Å²) in [6, 6.07) is 11.8. The minimum absolute atomic E-state index is 0.0332. The van der Waals surface area contributed by atoms with Gasteiger partial charge in [-0.3, -0.25) is 19.1 Å². The van der Waals surface area contributed by atoms with Crippen LogP contribution in [0.25, 0.3) is 28.2 Å². The second-order valence-corrected chi connectivity index (χ2v) is 15.1. The molecule has 0 bridgehead atoms. The minimum atomic E-state index is -1.65. The van der Waals surface area contributed by atoms with Crippen molar-refractivity contribution in [3.05, 3.63) is 58.7 Å². The van der Waals surface area contributed by atoms with Crippen LogP contribution >= 0.6 is 0 Å². The maximum absolute atomic E-state index is 13.8. The molecule has 2 aromatic carbocycles. The molecule has 3 aromatic rings. The highest BCUT2D eigenvalue weighted by Crippen LogP contribution is 2.44. The number of nitrogens with zero attached hydrogens (tertiary/aromatic N) is 4. The third kappa shape index (κ3) is 7.99. The van der Waals surface area contributed by atoms with Crippen molar-refractivity contribution in [3.63, 3.8) is 0 Å². The Kier molecular flexibility index (Phi) is 12.2. The molecule has 50 heavy (non-hydrogen) atoms. The van der Waals surface area contributed by atoms with Gasteiger partial charge in [0, 0.05) is 80.3 Å². The van der Waals surface area contributed by atoms with Gasteiger partial charge in [-0.1, -0.05) is 32.8 Å². The lowest BCUT2D eigenvalue weighted by molar-refractivity contribution is -0.138. The summed E-state index contributed by atoms with van der Waals surface area (Å²) in [5, 5.41) is 1.09. The van der Waals surface area contributed by atoms with Crippen molar-refractivity contribution in [2.45, 2.75) is 78.7 Å². The normalized spacial score (nSPS) is 16.0. The van der Waals surface area contributed by atoms with Gasteiger partial charge in [0.05, 0.1) is 12.8 Å². The molecule has 1 atom stereocenters. The van der Waals surface area contributed by atoms with E-state index in [4.69, 9.17) is 4.74 Å². The summed E-state index contributed by atoms with van der Waals surface area (Å²) in [5.41, 5.74) is 6.18. The first-order valence-electron chi connectivity index (χ1n) is 18.0. The monoisotopic (exact) mass is 703 g/mol. The number of aryl methyl sites for hydroxylation is 1. The Balaban J connectivity index is 1.60. The Hall–Kier alpha value is -3.96. The molecule has 11 heteroatoms. The lowest BCUT2D eigenvalue weighted by Gasteiger charge is -2.35. The van der Waals surface area contributed by atoms with Crippen molar-refractivity contribution >= 4 is 45.9 Å². The molecule has 5 rings (SSSR count). The molecule has 1 N–H and O–H groups in total. The third-order valence-corrected chi connectivity index (χ3v) is 10.9. The van der Waals surface area contributed by atoms with Gasteiger partial charge >= 0.3 is 0 Å². The molecule has 2 aliphatic rings. The van der Waals surface area contributed by atoms with Gasteiger partial charge in [0.1, 0.15) is 5.75 Å². The fraction of sp³-hybridized carbons (Fsp3) is 0.513. The Morgan fingerprint density at radius 1 is 0.980 bits per heavy atom. The second kappa shape index (κ2) is 16.4. The number of methoxy groups -OCH3 is 1. The van der Waals surface area contributed by atoms with Crippen molar-refractivity contribution < 1.29 is 23.3 Å². The number of rotatable bonds is 14. The molecule has 1 aromatic heterocycles. The van der Waals surface area contributed by atoms with Gasteiger partial charge in [-0.05, 0) is 93.0 Å². The summed E-state index contributed by atoms with van der Waals surface area (Å²) in [7, 11) is 4.94. The van der Waals surface area contributed by atoms with Crippen molar-refractivity contribution in [1.29, 1.82) is 0 Å². The van der Waals surface area contributed by atoms with Crippen molar-refractivity contribution in [2.75, 3.05) is 47.4 Å². The Bertz CT molecular complexity index is 1780. The molecule has 1 unspecified atom stereocenters. The van der Waals surface area contributed by atoms with Crippen LogP contribution < -0.4 is 9.46 Å². The number of hydrogen-bond acceptors (Lipinski definition) is 5. The number of benzene rings is 2. The summed E-state index contributed by atoms with van der Waals surface area (Å²) in [6.07, 6.45) is 8.02. The maximum atomic E-state index is 13.8. The average Bonchev–Trinajstić information content (AvgIpc) is 3.92. The lowest BCUT2D eigenvalue weighted by atomic mass is 9.85. The number of aromatic nitrogens is 1. The summed E-state index contributed by atoms with van der Waals surface area (Å²) in [5.74, 6) is 0.958. The molecule has 1 aliphatic carbocycles. The van der Waals surface area contributed by atoms with Crippen LogP contribution in [0.2, 0.25) is 0 Å². The number of ether oxygens (including phenoxy) is 1. The zero-order chi connectivity index (χ0) is 36.1. The standard InChI is InChI=1S/C39H53N5O5S/c1-8-11-27(12-9-2)35-33-17-15-29(37(45)40-50(48)41(5)6)25-34(33)44(10-3)36(35)32-18-16-31(49-7)24-30(32)23-26(4)38(46)42-19-21-43(22-20-42)39(47)28-13-14-28/h15-18,23-25,27-28H,8-14,19-22H2,1-7H3,(H,40,45)/b26-23+. The topological polar surface area (TPSA) is 104 Å². The molecule has 2 fully saturated rings. The molecule has 270 valence electrons. The van der Waals surface area contributed by atoms with E-state index in [1.165, 1.54) is 9.87 Å². The van der Waals surface area contributed by atoms with Gasteiger partial charge < -0.3 is 19.1 Å². The Labute approximate surface area is 299 Å². The molecule has 0 radical (unpaired) electrons. The van der Waals surface area contributed by atoms with E-state index in [2.05, 4.69) is 36.1 Å². The molecule has 1 aliphatic heterocycles. The number of fused-ring (bicyclic) bond motifs is 1. The van der Waals surface area contributed by atoms with E-state index in [-0.39, 0.29) is 23.7 Å². The summed E-state index contributed by atoms with van der Waals surface area (Å²) in [6.45, 7) is 11.2. The fourth-order valence-electron chi connectivity index (χ4n) is 7.17. The van der Waals surface area contributed by atoms with E-state index in [0.717, 1.165) is 66.2 Å². The highest BCUT2D eigenvalue weighted by molar-refractivity contribution is 7.81. The molecule has 1 saturated carbocycles. The lowest BCUT2D eigenvalue weighted by Crippen LogP contribution is -2.51. The number of amides is 3. The molecule has 2 heterocycles. The SMILES string of the molecule is CCCC(CCC)c1c(-c2ccc(OC)cc2/C=C(\C)C(=O)N2CCN(C(=O)C3CC3)CC2)n(CC)c2cc(C(=O)NS(=O)N(C)C)ccc12. The average molecular weight is 704 g/mol. The van der Waals surface area contributed by atoms with Gasteiger partial charge in [0.25, 0.3) is 5.91 Å². The van der Waals surface area contributed by atoms with Crippen LogP contribution in [-0.4, -0.2) is 88.0 Å². The zero-order valence-electron chi connectivity index (χ0n) is 30.7. The highest BCUT2D eigenvalue weighted by Gasteiger charge is 2.35. The first-order chi connectivity index (χ1) is 24.0. The molecule has 1 saturated heterocycles. The number of nitrogens with one attached hydrogen (secondary N) is 1. The summed E-state index contributed by atoms with van der Waals surface area (Å²) >= 11 is -1.65. The van der Waals surface area contributed by atoms with Gasteiger partial charge in [0.2, 0.25) is 11.8 Å². The molecular formula is C39H53N5O5S. The van der Waals surface area contributed by atoms with Crippen LogP contribution in [0, 0.1) is 5.92 Å². The van der Waals surface area contributed by atoms with E-state index >= 15 is 0 Å². The molecule has 0 spiro atoms. The summed E-state index contributed by atoms with van der Waals surface area (Å²) in [4.78, 5) is 43.4. The van der Waals surface area contributed by atoms with E-state index in [1.54, 1.807) is 21.2 Å². The quantitative estimate of drug-likeness (QED) is 0.197. The van der Waals surface area contributed by atoms with Crippen LogP contribution in [0.3, 0.4) is 0 Å². The smallest absolute Gasteiger partial charge is 0.264 e. The van der Waals surface area contributed by atoms with Crippen LogP contribution in [0.1, 0.15) is 93.6 Å². The predicted octanol–water partition coefficient (Wildman–Crippen LogP) is 6.37. The number of hydrogen-bond donors (Lipinski definition) is 1. The summed E-state index contributed by atoms with van der Waals surface area (Å²) < 4.78 is 24.4. The number of carbonyl (C=O) groups is 3. The van der Waals surface area contributed by atoms with E-state index in [1.807, 2.05) is 53.1 Å². The van der Waals surface area contributed by atoms with E-state index in [0.29, 0.717) is 49.6 Å². The van der Waals surface area contributed by atoms with Crippen LogP contribution in [0.15, 0.2) is 42.0 Å².